The number of nitrogens with zero attached hydrogens (tertiary/aromatic N) is 2. The quantitative estimate of drug-likeness (QED) is 0.645. The van der Waals surface area contributed by atoms with E-state index in [1.165, 1.54) is 18.0 Å². The number of ether oxygens (including phenoxy) is 2. The minimum Gasteiger partial charge on any atom is -0.493 e. The van der Waals surface area contributed by atoms with E-state index in [9.17, 15) is 4.79 Å². The van der Waals surface area contributed by atoms with Crippen LogP contribution in [0, 0.1) is 0 Å². The Hall–Kier alpha value is -1.82. The third-order valence-corrected chi connectivity index (χ3v) is 3.00. The van der Waals surface area contributed by atoms with Gasteiger partial charge in [-0.2, -0.15) is 5.10 Å². The molecule has 1 aromatic carbocycles. The molecule has 2 aromatic rings. The number of methoxy groups -OCH3 is 1. The lowest BCUT2D eigenvalue weighted by Crippen LogP contribution is -2.14. The van der Waals surface area contributed by atoms with Gasteiger partial charge >= 0.3 is 5.97 Å². The summed E-state index contributed by atoms with van der Waals surface area (Å²) in [6, 6.07) is 6.88. The van der Waals surface area contributed by atoms with Crippen molar-refractivity contribution in [3.8, 4) is 11.5 Å². The Kier molecular flexibility index (Phi) is 3.66. The van der Waals surface area contributed by atoms with E-state index in [4.69, 9.17) is 9.47 Å². The van der Waals surface area contributed by atoms with Gasteiger partial charge in [-0.3, -0.25) is 4.68 Å². The van der Waals surface area contributed by atoms with Crippen molar-refractivity contribution in [2.24, 2.45) is 7.05 Å². The van der Waals surface area contributed by atoms with Crippen LogP contribution in [0.15, 0.2) is 34.9 Å². The second-order valence-electron chi connectivity index (χ2n) is 3.50. The summed E-state index contributed by atoms with van der Waals surface area (Å²) >= 11 is 3.32. The number of hydrogen-bond acceptors (Lipinski definition) is 4. The lowest BCUT2D eigenvalue weighted by molar-refractivity contribution is 0.0717. The Labute approximate surface area is 112 Å². The van der Waals surface area contributed by atoms with E-state index in [1.54, 1.807) is 31.3 Å². The van der Waals surface area contributed by atoms with Gasteiger partial charge in [-0.05, 0) is 34.1 Å². The van der Waals surface area contributed by atoms with Crippen LogP contribution in [0.4, 0.5) is 0 Å². The van der Waals surface area contributed by atoms with Crippen LogP contribution < -0.4 is 9.47 Å². The molecule has 1 aromatic heterocycles. The highest BCUT2D eigenvalue weighted by atomic mass is 79.9. The average molecular weight is 311 g/mol. The lowest BCUT2D eigenvalue weighted by Gasteiger charge is -2.10. The van der Waals surface area contributed by atoms with Crippen molar-refractivity contribution in [3.63, 3.8) is 0 Å². The largest absolute Gasteiger partial charge is 0.493 e. The molecule has 94 valence electrons. The van der Waals surface area contributed by atoms with Crippen molar-refractivity contribution in [1.29, 1.82) is 0 Å². The van der Waals surface area contributed by atoms with E-state index in [1.807, 2.05) is 0 Å². The van der Waals surface area contributed by atoms with Crippen LogP contribution in [0.25, 0.3) is 0 Å². The maximum absolute atomic E-state index is 12.0. The van der Waals surface area contributed by atoms with Gasteiger partial charge in [0, 0.05) is 13.2 Å². The average Bonchev–Trinajstić information content (AvgIpc) is 2.78. The zero-order valence-corrected chi connectivity index (χ0v) is 11.5. The Balaban J connectivity index is 2.30. The summed E-state index contributed by atoms with van der Waals surface area (Å²) in [5, 5.41) is 3.92. The van der Waals surface area contributed by atoms with Crippen molar-refractivity contribution in [1.82, 2.24) is 9.78 Å². The number of hydrogen-bond donors (Lipinski definition) is 0. The topological polar surface area (TPSA) is 53.4 Å². The number of aromatic nitrogens is 2. The second kappa shape index (κ2) is 5.22. The molecule has 0 aliphatic rings. The van der Waals surface area contributed by atoms with Crippen LogP contribution in [-0.2, 0) is 7.05 Å². The fraction of sp³-hybridized carbons (Fsp3) is 0.167. The van der Waals surface area contributed by atoms with E-state index in [0.29, 0.717) is 21.7 Å². The molecule has 0 spiro atoms. The van der Waals surface area contributed by atoms with E-state index >= 15 is 0 Å². The summed E-state index contributed by atoms with van der Waals surface area (Å²) in [5.41, 5.74) is 0.368. The summed E-state index contributed by atoms with van der Waals surface area (Å²) in [6.45, 7) is 0. The first kappa shape index (κ1) is 12.6. The van der Waals surface area contributed by atoms with Crippen LogP contribution in [0.3, 0.4) is 0 Å². The fourth-order valence-electron chi connectivity index (χ4n) is 1.47. The van der Waals surface area contributed by atoms with Crippen molar-refractivity contribution in [3.05, 3.63) is 40.6 Å². The maximum Gasteiger partial charge on any atom is 0.362 e. The number of carbonyl (C=O) groups is 1. The number of halogens is 1. The second-order valence-corrected chi connectivity index (χ2v) is 4.36. The molecule has 2 rings (SSSR count). The van der Waals surface area contributed by atoms with Gasteiger partial charge in [0.2, 0.25) is 0 Å². The molecule has 0 N–H and O–H groups in total. The van der Waals surface area contributed by atoms with Gasteiger partial charge in [-0.25, -0.2) is 4.79 Å². The maximum atomic E-state index is 12.0. The van der Waals surface area contributed by atoms with E-state index < -0.39 is 5.97 Å². The third-order valence-electron chi connectivity index (χ3n) is 2.38. The van der Waals surface area contributed by atoms with E-state index in [0.717, 1.165) is 0 Å². The number of carbonyl (C=O) groups excluding carboxylic acids is 1. The zero-order chi connectivity index (χ0) is 13.1. The number of para-hydroxylation sites is 1. The molecule has 0 bridgehead atoms. The summed E-state index contributed by atoms with van der Waals surface area (Å²) in [6.07, 6.45) is 1.54. The number of aryl methyl sites for hydroxylation is 1. The van der Waals surface area contributed by atoms with Crippen LogP contribution in [0.1, 0.15) is 10.5 Å². The fourth-order valence-corrected chi connectivity index (χ4v) is 1.90. The first-order chi connectivity index (χ1) is 8.63. The minimum atomic E-state index is -0.486. The summed E-state index contributed by atoms with van der Waals surface area (Å²) in [4.78, 5) is 12.0. The molecule has 6 heteroatoms. The van der Waals surface area contributed by atoms with Crippen LogP contribution in [0.5, 0.6) is 11.5 Å². The van der Waals surface area contributed by atoms with E-state index in [-0.39, 0.29) is 0 Å². The summed E-state index contributed by atoms with van der Waals surface area (Å²) in [7, 11) is 3.19. The van der Waals surface area contributed by atoms with Gasteiger partial charge in [0.15, 0.2) is 11.5 Å². The first-order valence-corrected chi connectivity index (χ1v) is 5.95. The van der Waals surface area contributed by atoms with Crippen molar-refractivity contribution in [2.45, 2.75) is 0 Å². The molecule has 0 fully saturated rings. The van der Waals surface area contributed by atoms with Gasteiger partial charge in [-0.15, -0.1) is 0 Å². The lowest BCUT2D eigenvalue weighted by atomic mass is 10.3. The smallest absolute Gasteiger partial charge is 0.362 e. The summed E-state index contributed by atoms with van der Waals surface area (Å²) in [5.74, 6) is 0.353. The van der Waals surface area contributed by atoms with Crippen molar-refractivity contribution in [2.75, 3.05) is 7.11 Å². The molecule has 0 aliphatic carbocycles. The molecular formula is C12H11BrN2O3. The summed E-state index contributed by atoms with van der Waals surface area (Å²) < 4.78 is 12.6. The first-order valence-electron chi connectivity index (χ1n) is 5.16. The van der Waals surface area contributed by atoms with Gasteiger partial charge in [-0.1, -0.05) is 6.07 Å². The molecular weight excluding hydrogens is 300 g/mol. The molecule has 0 amide bonds. The minimum absolute atomic E-state index is 0.353. The van der Waals surface area contributed by atoms with Crippen molar-refractivity contribution < 1.29 is 14.3 Å². The number of rotatable bonds is 3. The molecule has 5 nitrogen and oxygen atoms in total. The molecule has 0 atom stereocenters. The molecule has 0 aliphatic heterocycles. The zero-order valence-electron chi connectivity index (χ0n) is 9.88. The Bertz CT molecular complexity index is 580. The van der Waals surface area contributed by atoms with Crippen LogP contribution in [0.2, 0.25) is 0 Å². The predicted octanol–water partition coefficient (Wildman–Crippen LogP) is 2.41. The Morgan fingerprint density at radius 1 is 1.39 bits per heavy atom. The molecule has 0 radical (unpaired) electrons. The molecule has 1 heterocycles. The third kappa shape index (κ3) is 2.38. The predicted molar refractivity (Wildman–Crippen MR) is 68.9 cm³/mol. The highest BCUT2D eigenvalue weighted by Gasteiger charge is 2.17. The van der Waals surface area contributed by atoms with Gasteiger partial charge in [0.1, 0.15) is 5.69 Å². The Morgan fingerprint density at radius 2 is 2.17 bits per heavy atom. The molecule has 18 heavy (non-hydrogen) atoms. The van der Waals surface area contributed by atoms with Crippen LogP contribution in [-0.4, -0.2) is 22.9 Å². The number of benzene rings is 1. The van der Waals surface area contributed by atoms with Gasteiger partial charge < -0.3 is 9.47 Å². The standard InChI is InChI=1S/C12H11BrN2O3/c1-15-9(6-7-14-15)12(16)18-11-8(13)4-3-5-10(11)17-2/h3-7H,1-2H3. The highest BCUT2D eigenvalue weighted by molar-refractivity contribution is 9.10. The highest BCUT2D eigenvalue weighted by Crippen LogP contribution is 2.35. The monoisotopic (exact) mass is 310 g/mol. The Morgan fingerprint density at radius 3 is 2.78 bits per heavy atom. The SMILES string of the molecule is COc1cccc(Br)c1OC(=O)c1ccnn1C. The van der Waals surface area contributed by atoms with Gasteiger partial charge in [0.05, 0.1) is 11.6 Å². The van der Waals surface area contributed by atoms with Crippen molar-refractivity contribution >= 4 is 21.9 Å². The normalized spacial score (nSPS) is 10.2. The van der Waals surface area contributed by atoms with Crippen LogP contribution >= 0.6 is 15.9 Å². The molecule has 0 saturated carbocycles. The molecule has 0 unspecified atom stereocenters. The molecule has 0 saturated heterocycles. The van der Waals surface area contributed by atoms with Gasteiger partial charge in [0.25, 0.3) is 0 Å². The van der Waals surface area contributed by atoms with E-state index in [2.05, 4.69) is 21.0 Å². The number of esters is 1.